The highest BCUT2D eigenvalue weighted by Gasteiger charge is 2.44. The van der Waals surface area contributed by atoms with Gasteiger partial charge in [-0.15, -0.1) is 5.10 Å². The molecule has 110 valence electrons. The maximum Gasteiger partial charge on any atom is 0.437 e. The van der Waals surface area contributed by atoms with E-state index in [1.54, 1.807) is 0 Å². The van der Waals surface area contributed by atoms with Gasteiger partial charge >= 0.3 is 6.18 Å². The van der Waals surface area contributed by atoms with Crippen LogP contribution in [0.3, 0.4) is 0 Å². The number of rotatable bonds is 5. The first-order valence-corrected chi connectivity index (χ1v) is 6.89. The highest BCUT2D eigenvalue weighted by atomic mass is 35.6. The molecule has 0 saturated heterocycles. The van der Waals surface area contributed by atoms with Gasteiger partial charge in [-0.3, -0.25) is 0 Å². The molecule has 19 heavy (non-hydrogen) atoms. The lowest BCUT2D eigenvalue weighted by Crippen LogP contribution is -2.18. The Labute approximate surface area is 124 Å². The van der Waals surface area contributed by atoms with Crippen LogP contribution >= 0.6 is 34.8 Å². The molecule has 0 radical (unpaired) electrons. The molecule has 0 spiro atoms. The summed E-state index contributed by atoms with van der Waals surface area (Å²) in [5.74, 6) is 0. The number of aromatic nitrogens is 3. The van der Waals surface area contributed by atoms with Crippen LogP contribution in [0.25, 0.3) is 0 Å². The first-order chi connectivity index (χ1) is 8.68. The third-order valence-electron chi connectivity index (χ3n) is 2.50. The SMILES string of the molecule is CCCCCCn1nnc(C(F)(F)F)c1C(Cl)(Cl)Cl. The fraction of sp³-hybridized carbons (Fsp3) is 0.800. The zero-order chi connectivity index (χ0) is 14.7. The van der Waals surface area contributed by atoms with Crippen LogP contribution in [0.5, 0.6) is 0 Å². The van der Waals surface area contributed by atoms with Crippen molar-refractivity contribution in [2.45, 2.75) is 49.1 Å². The minimum atomic E-state index is -4.69. The molecule has 9 heteroatoms. The smallest absolute Gasteiger partial charge is 0.244 e. The second-order valence-electron chi connectivity index (χ2n) is 4.07. The fourth-order valence-electron chi connectivity index (χ4n) is 1.63. The number of aryl methyl sites for hydroxylation is 1. The standard InChI is InChI=1S/C10H13Cl3F3N3/c1-2-3-4-5-6-19-8(9(11,12)13)7(17-18-19)10(14,15)16/h2-6H2,1H3. The first-order valence-electron chi connectivity index (χ1n) is 5.75. The third kappa shape index (κ3) is 4.68. The van der Waals surface area contributed by atoms with Crippen molar-refractivity contribution >= 4 is 34.8 Å². The van der Waals surface area contributed by atoms with E-state index < -0.39 is 21.4 Å². The largest absolute Gasteiger partial charge is 0.437 e. The van der Waals surface area contributed by atoms with Gasteiger partial charge in [0.1, 0.15) is 5.69 Å². The van der Waals surface area contributed by atoms with Gasteiger partial charge in [0, 0.05) is 6.54 Å². The highest BCUT2D eigenvalue weighted by Crippen LogP contribution is 2.43. The van der Waals surface area contributed by atoms with E-state index in [1.807, 2.05) is 6.92 Å². The molecule has 0 amide bonds. The molecule has 1 rings (SSSR count). The molecule has 0 aliphatic carbocycles. The molecule has 0 aliphatic rings. The normalized spacial score (nSPS) is 13.0. The van der Waals surface area contributed by atoms with Crippen molar-refractivity contribution in [3.8, 4) is 0 Å². The summed E-state index contributed by atoms with van der Waals surface area (Å²) >= 11 is 16.8. The summed E-state index contributed by atoms with van der Waals surface area (Å²) < 4.78 is 37.0. The molecule has 1 aromatic rings. The zero-order valence-corrected chi connectivity index (χ0v) is 12.4. The second kappa shape index (κ2) is 6.50. The van der Waals surface area contributed by atoms with E-state index in [0.717, 1.165) is 23.9 Å². The molecule has 1 aromatic heterocycles. The summed E-state index contributed by atoms with van der Waals surface area (Å²) in [6.45, 7) is 2.27. The Balaban J connectivity index is 2.96. The van der Waals surface area contributed by atoms with Crippen LogP contribution in [-0.4, -0.2) is 15.0 Å². The lowest BCUT2D eigenvalue weighted by molar-refractivity contribution is -0.141. The second-order valence-corrected chi connectivity index (χ2v) is 6.35. The predicted molar refractivity (Wildman–Crippen MR) is 68.4 cm³/mol. The van der Waals surface area contributed by atoms with Crippen molar-refractivity contribution in [2.24, 2.45) is 0 Å². The Hall–Kier alpha value is -0.200. The van der Waals surface area contributed by atoms with Gasteiger partial charge in [0.2, 0.25) is 3.79 Å². The molecule has 1 heterocycles. The molecule has 0 bridgehead atoms. The molecule has 0 atom stereocenters. The molecule has 0 N–H and O–H groups in total. The van der Waals surface area contributed by atoms with Gasteiger partial charge in [0.15, 0.2) is 5.69 Å². The van der Waals surface area contributed by atoms with Gasteiger partial charge in [0.25, 0.3) is 0 Å². The summed E-state index contributed by atoms with van der Waals surface area (Å²) in [5.41, 5.74) is -1.77. The fourth-order valence-corrected chi connectivity index (χ4v) is 2.19. The van der Waals surface area contributed by atoms with E-state index in [4.69, 9.17) is 34.8 Å². The Morgan fingerprint density at radius 1 is 1.11 bits per heavy atom. The Bertz CT molecular complexity index is 412. The summed E-state index contributed by atoms with van der Waals surface area (Å²) in [6, 6.07) is 0. The Kier molecular flexibility index (Phi) is 5.77. The summed E-state index contributed by atoms with van der Waals surface area (Å²) in [7, 11) is 0. The van der Waals surface area contributed by atoms with Gasteiger partial charge in [-0.25, -0.2) is 4.68 Å². The number of hydrogen-bond donors (Lipinski definition) is 0. The predicted octanol–water partition coefficient (Wildman–Crippen LogP) is 4.70. The number of hydrogen-bond acceptors (Lipinski definition) is 2. The lowest BCUT2D eigenvalue weighted by Gasteiger charge is -2.15. The number of alkyl halides is 6. The van der Waals surface area contributed by atoms with Crippen LogP contribution in [0.15, 0.2) is 0 Å². The molecule has 3 nitrogen and oxygen atoms in total. The zero-order valence-electron chi connectivity index (χ0n) is 10.1. The minimum absolute atomic E-state index is 0.242. The molecular weight excluding hydrogens is 325 g/mol. The van der Waals surface area contributed by atoms with Crippen molar-refractivity contribution in [1.29, 1.82) is 0 Å². The molecule has 0 aromatic carbocycles. The van der Waals surface area contributed by atoms with E-state index in [1.165, 1.54) is 0 Å². The third-order valence-corrected chi connectivity index (χ3v) is 3.03. The van der Waals surface area contributed by atoms with Gasteiger partial charge in [0.05, 0.1) is 0 Å². The number of halogens is 6. The molecule has 0 saturated carbocycles. The van der Waals surface area contributed by atoms with Crippen LogP contribution in [0.1, 0.15) is 44.0 Å². The maximum absolute atomic E-state index is 12.7. The number of nitrogens with zero attached hydrogens (tertiary/aromatic N) is 3. The monoisotopic (exact) mass is 337 g/mol. The van der Waals surface area contributed by atoms with Gasteiger partial charge in [-0.1, -0.05) is 66.2 Å². The summed E-state index contributed by atoms with van der Waals surface area (Å²) in [5, 5.41) is 6.53. The minimum Gasteiger partial charge on any atom is -0.244 e. The van der Waals surface area contributed by atoms with Crippen LogP contribution in [0, 0.1) is 0 Å². The summed E-state index contributed by atoms with van der Waals surface area (Å²) in [6.07, 6.45) is -1.16. The van der Waals surface area contributed by atoms with Crippen LogP contribution in [-0.2, 0) is 16.5 Å². The van der Waals surface area contributed by atoms with Gasteiger partial charge < -0.3 is 0 Å². The van der Waals surface area contributed by atoms with Crippen molar-refractivity contribution in [3.63, 3.8) is 0 Å². The van der Waals surface area contributed by atoms with E-state index in [-0.39, 0.29) is 6.54 Å². The van der Waals surface area contributed by atoms with E-state index in [0.29, 0.717) is 6.42 Å². The quantitative estimate of drug-likeness (QED) is 0.575. The van der Waals surface area contributed by atoms with Crippen molar-refractivity contribution in [1.82, 2.24) is 15.0 Å². The van der Waals surface area contributed by atoms with Crippen LogP contribution in [0.2, 0.25) is 0 Å². The van der Waals surface area contributed by atoms with Crippen LogP contribution in [0.4, 0.5) is 13.2 Å². The van der Waals surface area contributed by atoms with E-state index in [9.17, 15) is 13.2 Å². The van der Waals surface area contributed by atoms with E-state index in [2.05, 4.69) is 10.3 Å². The lowest BCUT2D eigenvalue weighted by atomic mass is 10.2. The molecule has 0 aliphatic heterocycles. The number of unbranched alkanes of at least 4 members (excludes halogenated alkanes) is 3. The Morgan fingerprint density at radius 3 is 2.21 bits per heavy atom. The van der Waals surface area contributed by atoms with Crippen LogP contribution < -0.4 is 0 Å². The van der Waals surface area contributed by atoms with E-state index >= 15 is 0 Å². The molecular formula is C10H13Cl3F3N3. The summed E-state index contributed by atoms with van der Waals surface area (Å²) in [4.78, 5) is 0. The van der Waals surface area contributed by atoms with Crippen molar-refractivity contribution in [2.75, 3.05) is 0 Å². The Morgan fingerprint density at radius 2 is 1.74 bits per heavy atom. The van der Waals surface area contributed by atoms with Crippen molar-refractivity contribution in [3.05, 3.63) is 11.4 Å². The average molecular weight is 339 g/mol. The topological polar surface area (TPSA) is 30.7 Å². The molecule has 0 unspecified atom stereocenters. The maximum atomic E-state index is 12.7. The van der Waals surface area contributed by atoms with Crippen molar-refractivity contribution < 1.29 is 13.2 Å². The average Bonchev–Trinajstić information content (AvgIpc) is 2.67. The van der Waals surface area contributed by atoms with Gasteiger partial charge in [-0.05, 0) is 6.42 Å². The molecule has 0 fully saturated rings. The van der Waals surface area contributed by atoms with Gasteiger partial charge in [-0.2, -0.15) is 13.2 Å². The first kappa shape index (κ1) is 16.9. The highest BCUT2D eigenvalue weighted by molar-refractivity contribution is 6.66.